The summed E-state index contributed by atoms with van der Waals surface area (Å²) in [5, 5.41) is 13.4. The second-order valence-electron chi connectivity index (χ2n) is 6.22. The first-order valence-corrected chi connectivity index (χ1v) is 8.20. The highest BCUT2D eigenvalue weighted by Crippen LogP contribution is 2.35. The lowest BCUT2D eigenvalue weighted by Gasteiger charge is -2.25. The summed E-state index contributed by atoms with van der Waals surface area (Å²) in [6.45, 7) is 13.8. The molecular weight excluding hydrogens is 312 g/mol. The zero-order valence-electron chi connectivity index (χ0n) is 15.0. The summed E-state index contributed by atoms with van der Waals surface area (Å²) in [5.41, 5.74) is 1.03. The molecule has 132 valence electrons. The maximum atomic E-state index is 12.3. The zero-order valence-corrected chi connectivity index (χ0v) is 15.8. The van der Waals surface area contributed by atoms with E-state index < -0.39 is 0 Å². The highest BCUT2D eigenvalue weighted by molar-refractivity contribution is 5.97. The summed E-state index contributed by atoms with van der Waals surface area (Å²) in [6, 6.07) is 5.41. The Morgan fingerprint density at radius 2 is 1.83 bits per heavy atom. The fourth-order valence-electron chi connectivity index (χ4n) is 2.43. The third-order valence-corrected chi connectivity index (χ3v) is 4.50. The van der Waals surface area contributed by atoms with Gasteiger partial charge in [0.1, 0.15) is 5.75 Å². The number of carbonyl (C=O) groups is 1. The van der Waals surface area contributed by atoms with E-state index in [1.807, 2.05) is 12.1 Å². The lowest BCUT2D eigenvalue weighted by atomic mass is 9.81. The van der Waals surface area contributed by atoms with E-state index in [4.69, 9.17) is 0 Å². The van der Waals surface area contributed by atoms with Crippen molar-refractivity contribution in [2.75, 3.05) is 26.2 Å². The SMILES string of the molecule is CCN(CC)CCNC(=O)c1cccc(C(C)(C)CC)c1O.Cl. The molecule has 1 amide bonds. The van der Waals surface area contributed by atoms with E-state index in [1.165, 1.54) is 0 Å². The van der Waals surface area contributed by atoms with E-state index in [-0.39, 0.29) is 29.5 Å². The maximum Gasteiger partial charge on any atom is 0.255 e. The number of aromatic hydroxyl groups is 1. The Kier molecular flexibility index (Phi) is 9.25. The van der Waals surface area contributed by atoms with Gasteiger partial charge in [-0.05, 0) is 31.0 Å². The molecule has 1 rings (SSSR count). The first kappa shape index (κ1) is 21.7. The predicted octanol–water partition coefficient (Wildman–Crippen LogP) is 3.57. The number of phenolic OH excluding ortho intramolecular Hbond substituents is 1. The summed E-state index contributed by atoms with van der Waals surface area (Å²) >= 11 is 0. The topological polar surface area (TPSA) is 52.6 Å². The molecule has 5 heteroatoms. The fraction of sp³-hybridized carbons (Fsp3) is 0.611. The number of hydrogen-bond donors (Lipinski definition) is 2. The van der Waals surface area contributed by atoms with Crippen LogP contribution in [0.15, 0.2) is 18.2 Å². The Labute approximate surface area is 146 Å². The number of phenols is 1. The van der Waals surface area contributed by atoms with Gasteiger partial charge >= 0.3 is 0 Å². The van der Waals surface area contributed by atoms with Crippen molar-refractivity contribution < 1.29 is 9.90 Å². The number of hydrogen-bond acceptors (Lipinski definition) is 3. The summed E-state index contributed by atoms with van der Waals surface area (Å²) in [7, 11) is 0. The van der Waals surface area contributed by atoms with E-state index >= 15 is 0 Å². The summed E-state index contributed by atoms with van der Waals surface area (Å²) in [5.74, 6) is -0.104. The predicted molar refractivity (Wildman–Crippen MR) is 98.8 cm³/mol. The normalized spacial score (nSPS) is 11.2. The van der Waals surface area contributed by atoms with Gasteiger partial charge in [-0.3, -0.25) is 4.79 Å². The molecule has 0 radical (unpaired) electrons. The van der Waals surface area contributed by atoms with Crippen LogP contribution >= 0.6 is 12.4 Å². The van der Waals surface area contributed by atoms with E-state index in [1.54, 1.807) is 6.07 Å². The van der Waals surface area contributed by atoms with Crippen LogP contribution in [0.3, 0.4) is 0 Å². The van der Waals surface area contributed by atoms with Crippen molar-refractivity contribution in [1.29, 1.82) is 0 Å². The van der Waals surface area contributed by atoms with Crippen LogP contribution in [-0.4, -0.2) is 42.1 Å². The first-order valence-electron chi connectivity index (χ1n) is 8.20. The molecule has 0 saturated heterocycles. The number of amides is 1. The summed E-state index contributed by atoms with van der Waals surface area (Å²) < 4.78 is 0. The number of benzene rings is 1. The Hall–Kier alpha value is -1.26. The van der Waals surface area contributed by atoms with Gasteiger partial charge in [0.2, 0.25) is 0 Å². The Bertz CT molecular complexity index is 500. The van der Waals surface area contributed by atoms with E-state index in [9.17, 15) is 9.90 Å². The van der Waals surface area contributed by atoms with Crippen LogP contribution in [0.2, 0.25) is 0 Å². The Balaban J connectivity index is 0.00000484. The molecule has 0 aromatic heterocycles. The van der Waals surface area contributed by atoms with Crippen molar-refractivity contribution in [3.63, 3.8) is 0 Å². The van der Waals surface area contributed by atoms with Gasteiger partial charge in [-0.15, -0.1) is 12.4 Å². The maximum absolute atomic E-state index is 12.3. The van der Waals surface area contributed by atoms with Gasteiger partial charge < -0.3 is 15.3 Å². The standard InChI is InChI=1S/C18H30N2O2.ClH/c1-6-18(4,5)15-11-9-10-14(16(15)21)17(22)19-12-13-20(7-2)8-3;/h9-11,21H,6-8,12-13H2,1-5H3,(H,19,22);1H. The van der Waals surface area contributed by atoms with E-state index in [2.05, 4.69) is 44.8 Å². The minimum absolute atomic E-state index is 0. The molecule has 0 spiro atoms. The smallest absolute Gasteiger partial charge is 0.255 e. The summed E-state index contributed by atoms with van der Waals surface area (Å²) in [6.07, 6.45) is 0.896. The largest absolute Gasteiger partial charge is 0.507 e. The number of likely N-dealkylation sites (N-methyl/N-ethyl adjacent to an activating group) is 1. The fourth-order valence-corrected chi connectivity index (χ4v) is 2.43. The molecule has 0 aliphatic heterocycles. The van der Waals surface area contributed by atoms with Crippen LogP contribution in [0.1, 0.15) is 57.0 Å². The van der Waals surface area contributed by atoms with Gasteiger partial charge in [0.25, 0.3) is 5.91 Å². The molecule has 0 bridgehead atoms. The Morgan fingerprint density at radius 1 is 1.22 bits per heavy atom. The number of para-hydroxylation sites is 1. The van der Waals surface area contributed by atoms with Crippen molar-refractivity contribution in [2.24, 2.45) is 0 Å². The van der Waals surface area contributed by atoms with Crippen molar-refractivity contribution in [3.8, 4) is 5.75 Å². The molecule has 0 heterocycles. The molecule has 2 N–H and O–H groups in total. The van der Waals surface area contributed by atoms with Crippen LogP contribution in [0, 0.1) is 0 Å². The van der Waals surface area contributed by atoms with Gasteiger partial charge in [0.05, 0.1) is 5.56 Å². The van der Waals surface area contributed by atoms with Crippen LogP contribution in [0.25, 0.3) is 0 Å². The first-order chi connectivity index (χ1) is 10.4. The highest BCUT2D eigenvalue weighted by Gasteiger charge is 2.24. The molecule has 0 aliphatic carbocycles. The average molecular weight is 343 g/mol. The van der Waals surface area contributed by atoms with Crippen LogP contribution < -0.4 is 5.32 Å². The second-order valence-corrected chi connectivity index (χ2v) is 6.22. The van der Waals surface area contributed by atoms with Crippen LogP contribution in [0.5, 0.6) is 5.75 Å². The van der Waals surface area contributed by atoms with Gasteiger partial charge in [-0.2, -0.15) is 0 Å². The molecule has 0 atom stereocenters. The molecule has 0 aliphatic rings. The number of nitrogens with zero attached hydrogens (tertiary/aromatic N) is 1. The minimum atomic E-state index is -0.210. The molecule has 0 fully saturated rings. The third kappa shape index (κ3) is 5.70. The number of halogens is 1. The molecular formula is C18H31ClN2O2. The number of rotatable bonds is 8. The van der Waals surface area contributed by atoms with Gasteiger partial charge in [0.15, 0.2) is 0 Å². The van der Waals surface area contributed by atoms with Crippen molar-refractivity contribution >= 4 is 18.3 Å². The monoisotopic (exact) mass is 342 g/mol. The molecule has 0 saturated carbocycles. The zero-order chi connectivity index (χ0) is 16.8. The van der Waals surface area contributed by atoms with E-state index in [0.29, 0.717) is 12.1 Å². The molecule has 23 heavy (non-hydrogen) atoms. The van der Waals surface area contributed by atoms with E-state index in [0.717, 1.165) is 31.6 Å². The van der Waals surface area contributed by atoms with Crippen LogP contribution in [-0.2, 0) is 5.41 Å². The number of nitrogens with one attached hydrogen (secondary N) is 1. The highest BCUT2D eigenvalue weighted by atomic mass is 35.5. The molecule has 1 aromatic rings. The van der Waals surface area contributed by atoms with Crippen molar-refractivity contribution in [3.05, 3.63) is 29.3 Å². The van der Waals surface area contributed by atoms with Gasteiger partial charge in [-0.25, -0.2) is 0 Å². The molecule has 1 aromatic carbocycles. The van der Waals surface area contributed by atoms with Crippen molar-refractivity contribution in [2.45, 2.75) is 46.5 Å². The lowest BCUT2D eigenvalue weighted by Crippen LogP contribution is -2.35. The van der Waals surface area contributed by atoms with Crippen LogP contribution in [0.4, 0.5) is 0 Å². The minimum Gasteiger partial charge on any atom is -0.507 e. The average Bonchev–Trinajstić information content (AvgIpc) is 2.51. The van der Waals surface area contributed by atoms with Gasteiger partial charge in [-0.1, -0.05) is 46.8 Å². The number of carbonyl (C=O) groups excluding carboxylic acids is 1. The summed E-state index contributed by atoms with van der Waals surface area (Å²) in [4.78, 5) is 14.5. The second kappa shape index (κ2) is 9.78. The quantitative estimate of drug-likeness (QED) is 0.759. The Morgan fingerprint density at radius 3 is 2.35 bits per heavy atom. The molecule has 4 nitrogen and oxygen atoms in total. The van der Waals surface area contributed by atoms with Gasteiger partial charge in [0, 0.05) is 18.7 Å². The van der Waals surface area contributed by atoms with Crippen molar-refractivity contribution in [1.82, 2.24) is 10.2 Å². The molecule has 0 unspecified atom stereocenters. The lowest BCUT2D eigenvalue weighted by molar-refractivity contribution is 0.0946. The third-order valence-electron chi connectivity index (χ3n) is 4.50.